The first-order chi connectivity index (χ1) is 14.7. The molecular formula is C23H28ClFN4OS. The molecule has 0 amide bonds. The van der Waals surface area contributed by atoms with Gasteiger partial charge in [-0.25, -0.2) is 4.39 Å². The van der Waals surface area contributed by atoms with E-state index in [2.05, 4.69) is 20.1 Å². The van der Waals surface area contributed by atoms with Gasteiger partial charge in [0.15, 0.2) is 11.0 Å². The minimum absolute atomic E-state index is 0. The third-order valence-electron chi connectivity index (χ3n) is 5.52. The highest BCUT2D eigenvalue weighted by Gasteiger charge is 2.39. The standard InChI is InChI=1S/C23H27FN4OS.ClH/c1-28-22(16-7-4-3-5-8-16)26-27-23(28)30-12-6-11-25-15-17-13-19(17)20-14-18(24)9-10-21(20)29-2;/h3-5,7-10,14,17,19,25H,6,11-13,15H2,1-2H3;1H. The highest BCUT2D eigenvalue weighted by atomic mass is 35.5. The number of rotatable bonds is 10. The van der Waals surface area contributed by atoms with Crippen molar-refractivity contribution in [3.05, 3.63) is 59.9 Å². The van der Waals surface area contributed by atoms with Crippen molar-refractivity contribution in [2.24, 2.45) is 13.0 Å². The molecule has 1 heterocycles. The highest BCUT2D eigenvalue weighted by Crippen LogP contribution is 2.50. The van der Waals surface area contributed by atoms with Gasteiger partial charge in [0.05, 0.1) is 7.11 Å². The second-order valence-electron chi connectivity index (χ2n) is 7.63. The van der Waals surface area contributed by atoms with E-state index in [1.54, 1.807) is 31.0 Å². The van der Waals surface area contributed by atoms with Crippen molar-refractivity contribution in [1.29, 1.82) is 0 Å². The lowest BCUT2D eigenvalue weighted by atomic mass is 10.1. The topological polar surface area (TPSA) is 52.0 Å². The van der Waals surface area contributed by atoms with Crippen LogP contribution in [-0.2, 0) is 7.05 Å². The van der Waals surface area contributed by atoms with Crippen LogP contribution >= 0.6 is 24.2 Å². The van der Waals surface area contributed by atoms with Gasteiger partial charge in [0.2, 0.25) is 0 Å². The summed E-state index contributed by atoms with van der Waals surface area (Å²) in [4.78, 5) is 0. The first-order valence-corrected chi connectivity index (χ1v) is 11.3. The van der Waals surface area contributed by atoms with Crippen LogP contribution in [0.25, 0.3) is 11.4 Å². The third-order valence-corrected chi connectivity index (χ3v) is 6.62. The predicted octanol–water partition coefficient (Wildman–Crippen LogP) is 4.93. The predicted molar refractivity (Wildman–Crippen MR) is 126 cm³/mol. The molecule has 1 aliphatic rings. The molecule has 4 rings (SSSR count). The molecule has 5 nitrogen and oxygen atoms in total. The molecule has 0 spiro atoms. The minimum atomic E-state index is -0.194. The molecule has 3 aromatic rings. The van der Waals surface area contributed by atoms with Gasteiger partial charge in [-0.3, -0.25) is 0 Å². The van der Waals surface area contributed by atoms with E-state index in [4.69, 9.17) is 4.74 Å². The quantitative estimate of drug-likeness (QED) is 0.342. The second-order valence-corrected chi connectivity index (χ2v) is 8.69. The molecule has 2 aromatic carbocycles. The number of ether oxygens (including phenoxy) is 1. The molecule has 2 atom stereocenters. The maximum Gasteiger partial charge on any atom is 0.191 e. The van der Waals surface area contributed by atoms with Crippen LogP contribution in [0.15, 0.2) is 53.7 Å². The van der Waals surface area contributed by atoms with E-state index in [0.29, 0.717) is 11.8 Å². The van der Waals surface area contributed by atoms with Crippen LogP contribution in [0, 0.1) is 11.7 Å². The summed E-state index contributed by atoms with van der Waals surface area (Å²) in [5, 5.41) is 13.1. The van der Waals surface area contributed by atoms with E-state index in [0.717, 1.165) is 59.5 Å². The molecule has 1 saturated carbocycles. The van der Waals surface area contributed by atoms with Crippen LogP contribution in [-0.4, -0.2) is 40.7 Å². The maximum atomic E-state index is 13.6. The fraction of sp³-hybridized carbons (Fsp3) is 0.391. The Balaban J connectivity index is 0.00000272. The van der Waals surface area contributed by atoms with Gasteiger partial charge in [0, 0.05) is 23.9 Å². The van der Waals surface area contributed by atoms with E-state index < -0.39 is 0 Å². The van der Waals surface area contributed by atoms with Crippen LogP contribution in [0.2, 0.25) is 0 Å². The number of nitrogens with one attached hydrogen (secondary N) is 1. The van der Waals surface area contributed by atoms with E-state index in [-0.39, 0.29) is 18.2 Å². The van der Waals surface area contributed by atoms with Crippen LogP contribution in [0.5, 0.6) is 5.75 Å². The minimum Gasteiger partial charge on any atom is -0.496 e. The summed E-state index contributed by atoms with van der Waals surface area (Å²) in [7, 11) is 3.65. The number of methoxy groups -OCH3 is 1. The van der Waals surface area contributed by atoms with Gasteiger partial charge in [0.1, 0.15) is 11.6 Å². The Kier molecular flexibility index (Phi) is 8.35. The summed E-state index contributed by atoms with van der Waals surface area (Å²) in [6.45, 7) is 1.91. The summed E-state index contributed by atoms with van der Waals surface area (Å²) < 4.78 is 21.0. The Bertz CT molecular complexity index is 985. The largest absolute Gasteiger partial charge is 0.496 e. The fourth-order valence-corrected chi connectivity index (χ4v) is 4.63. The molecule has 1 aliphatic carbocycles. The molecule has 8 heteroatoms. The lowest BCUT2D eigenvalue weighted by Gasteiger charge is -2.09. The number of nitrogens with zero attached hydrogens (tertiary/aromatic N) is 3. The van der Waals surface area contributed by atoms with Crippen LogP contribution in [0.1, 0.15) is 24.3 Å². The number of thioether (sulfide) groups is 1. The van der Waals surface area contributed by atoms with Crippen LogP contribution in [0.4, 0.5) is 4.39 Å². The summed E-state index contributed by atoms with van der Waals surface area (Å²) in [6.07, 6.45) is 2.14. The summed E-state index contributed by atoms with van der Waals surface area (Å²) in [6, 6.07) is 14.9. The molecule has 0 bridgehead atoms. The molecule has 1 aromatic heterocycles. The summed E-state index contributed by atoms with van der Waals surface area (Å²) >= 11 is 1.73. The Morgan fingerprint density at radius 3 is 2.77 bits per heavy atom. The Morgan fingerprint density at radius 2 is 2.00 bits per heavy atom. The highest BCUT2D eigenvalue weighted by molar-refractivity contribution is 7.99. The second kappa shape index (κ2) is 11.0. The van der Waals surface area contributed by atoms with Crippen molar-refractivity contribution < 1.29 is 9.13 Å². The number of aromatic nitrogens is 3. The zero-order chi connectivity index (χ0) is 20.9. The van der Waals surface area contributed by atoms with Gasteiger partial charge in [-0.1, -0.05) is 42.1 Å². The SMILES string of the molecule is COc1ccc(F)cc1C1CC1CNCCCSc1nnc(-c2ccccc2)n1C.Cl. The van der Waals surface area contributed by atoms with Gasteiger partial charge in [-0.2, -0.15) is 0 Å². The third kappa shape index (κ3) is 5.79. The van der Waals surface area contributed by atoms with E-state index in [1.807, 2.05) is 37.4 Å². The zero-order valence-corrected chi connectivity index (χ0v) is 19.4. The molecule has 1 fully saturated rings. The summed E-state index contributed by atoms with van der Waals surface area (Å²) in [5.41, 5.74) is 2.08. The van der Waals surface area contributed by atoms with Crippen molar-refractivity contribution in [1.82, 2.24) is 20.1 Å². The molecule has 2 unspecified atom stereocenters. The van der Waals surface area contributed by atoms with Gasteiger partial charge >= 0.3 is 0 Å². The normalized spacial score (nSPS) is 17.3. The smallest absolute Gasteiger partial charge is 0.191 e. The molecular weight excluding hydrogens is 435 g/mol. The first-order valence-electron chi connectivity index (χ1n) is 10.3. The van der Waals surface area contributed by atoms with Gasteiger partial charge in [-0.05, 0) is 56.0 Å². The summed E-state index contributed by atoms with van der Waals surface area (Å²) in [5.74, 6) is 3.43. The molecule has 166 valence electrons. The van der Waals surface area contributed by atoms with Gasteiger partial charge in [-0.15, -0.1) is 22.6 Å². The van der Waals surface area contributed by atoms with Gasteiger partial charge in [0.25, 0.3) is 0 Å². The van der Waals surface area contributed by atoms with Gasteiger partial charge < -0.3 is 14.6 Å². The van der Waals surface area contributed by atoms with Crippen molar-refractivity contribution in [2.75, 3.05) is 26.0 Å². The van der Waals surface area contributed by atoms with Crippen LogP contribution < -0.4 is 10.1 Å². The lowest BCUT2D eigenvalue weighted by molar-refractivity contribution is 0.407. The number of benzene rings is 2. The molecule has 0 aliphatic heterocycles. The Hall–Kier alpha value is -2.09. The number of hydrogen-bond acceptors (Lipinski definition) is 5. The van der Waals surface area contributed by atoms with E-state index >= 15 is 0 Å². The maximum absolute atomic E-state index is 13.6. The van der Waals surface area contributed by atoms with Crippen molar-refractivity contribution in [3.8, 4) is 17.1 Å². The molecule has 1 N–H and O–H groups in total. The fourth-order valence-electron chi connectivity index (χ4n) is 3.78. The number of hydrogen-bond donors (Lipinski definition) is 1. The lowest BCUT2D eigenvalue weighted by Crippen LogP contribution is -2.19. The Morgan fingerprint density at radius 1 is 1.19 bits per heavy atom. The zero-order valence-electron chi connectivity index (χ0n) is 17.8. The molecule has 0 radical (unpaired) electrons. The van der Waals surface area contributed by atoms with Crippen LogP contribution in [0.3, 0.4) is 0 Å². The number of halogens is 2. The Labute approximate surface area is 193 Å². The van der Waals surface area contributed by atoms with Crippen molar-refractivity contribution in [3.63, 3.8) is 0 Å². The van der Waals surface area contributed by atoms with Crippen molar-refractivity contribution in [2.45, 2.75) is 23.9 Å². The van der Waals surface area contributed by atoms with E-state index in [9.17, 15) is 4.39 Å². The monoisotopic (exact) mass is 462 g/mol. The average Bonchev–Trinajstić information content (AvgIpc) is 3.45. The molecule has 0 saturated heterocycles. The average molecular weight is 463 g/mol. The van der Waals surface area contributed by atoms with E-state index in [1.165, 1.54) is 6.07 Å². The first kappa shape index (κ1) is 23.6. The molecule has 31 heavy (non-hydrogen) atoms. The van der Waals surface area contributed by atoms with Crippen molar-refractivity contribution >= 4 is 24.2 Å².